The average Bonchev–Trinajstić information content (AvgIpc) is 3.11. The summed E-state index contributed by atoms with van der Waals surface area (Å²) in [6.45, 7) is 1.74. The highest BCUT2D eigenvalue weighted by Gasteiger charge is 2.16. The van der Waals surface area contributed by atoms with E-state index in [4.69, 9.17) is 4.74 Å². The number of benzene rings is 2. The molecular weight excluding hydrogens is 386 g/mol. The number of ether oxygens (including phenoxy) is 1. The van der Waals surface area contributed by atoms with Crippen molar-refractivity contribution in [2.45, 2.75) is 13.0 Å². The van der Waals surface area contributed by atoms with E-state index in [1.54, 1.807) is 18.3 Å². The molecule has 0 aliphatic rings. The van der Waals surface area contributed by atoms with Gasteiger partial charge in [0.15, 0.2) is 6.10 Å². The lowest BCUT2D eigenvalue weighted by Crippen LogP contribution is -2.30. The zero-order chi connectivity index (χ0) is 16.9. The number of nitrogens with one attached hydrogen (secondary N) is 1. The zero-order valence-electron chi connectivity index (χ0n) is 13.0. The van der Waals surface area contributed by atoms with Crippen LogP contribution in [0.5, 0.6) is 5.75 Å². The van der Waals surface area contributed by atoms with Gasteiger partial charge in [0, 0.05) is 20.6 Å². The third-order valence-corrected chi connectivity index (χ3v) is 4.90. The molecule has 1 heterocycles. The van der Waals surface area contributed by atoms with Gasteiger partial charge in [-0.15, -0.1) is 11.3 Å². The highest BCUT2D eigenvalue weighted by Crippen LogP contribution is 2.31. The summed E-state index contributed by atoms with van der Waals surface area (Å²) in [5.41, 5.74) is 1.80. The van der Waals surface area contributed by atoms with Crippen molar-refractivity contribution >= 4 is 38.9 Å². The average molecular weight is 402 g/mol. The SMILES string of the molecule is CC(Oc1ccc(Br)cc1)C(=O)Nc1ccccc1-c1cccs1. The van der Waals surface area contributed by atoms with Crippen molar-refractivity contribution in [3.63, 3.8) is 0 Å². The first-order valence-corrected chi connectivity index (χ1v) is 9.17. The molecule has 2 aromatic carbocycles. The molecule has 1 atom stereocenters. The van der Waals surface area contributed by atoms with Gasteiger partial charge in [0.2, 0.25) is 0 Å². The zero-order valence-corrected chi connectivity index (χ0v) is 15.4. The second-order valence-electron chi connectivity index (χ2n) is 5.23. The van der Waals surface area contributed by atoms with Crippen LogP contribution in [0.15, 0.2) is 70.5 Å². The largest absolute Gasteiger partial charge is 0.481 e. The van der Waals surface area contributed by atoms with Crippen molar-refractivity contribution in [2.24, 2.45) is 0 Å². The summed E-state index contributed by atoms with van der Waals surface area (Å²) in [6.07, 6.45) is -0.595. The van der Waals surface area contributed by atoms with Gasteiger partial charge in [-0.1, -0.05) is 40.2 Å². The van der Waals surface area contributed by atoms with Crippen molar-refractivity contribution in [3.05, 3.63) is 70.5 Å². The van der Waals surface area contributed by atoms with Crippen LogP contribution < -0.4 is 10.1 Å². The third-order valence-electron chi connectivity index (χ3n) is 3.47. The molecule has 1 aromatic heterocycles. The van der Waals surface area contributed by atoms with E-state index in [0.29, 0.717) is 5.75 Å². The summed E-state index contributed by atoms with van der Waals surface area (Å²) < 4.78 is 6.67. The van der Waals surface area contributed by atoms with Gasteiger partial charge >= 0.3 is 0 Å². The molecule has 3 rings (SSSR count). The first-order valence-electron chi connectivity index (χ1n) is 7.49. The topological polar surface area (TPSA) is 38.3 Å². The number of carbonyl (C=O) groups is 1. The molecule has 0 radical (unpaired) electrons. The maximum atomic E-state index is 12.5. The van der Waals surface area contributed by atoms with E-state index in [-0.39, 0.29) is 5.91 Å². The van der Waals surface area contributed by atoms with Gasteiger partial charge in [-0.2, -0.15) is 0 Å². The standard InChI is InChI=1S/C19H16BrNO2S/c1-13(23-15-10-8-14(20)9-11-15)19(22)21-17-6-3-2-5-16(17)18-7-4-12-24-18/h2-13H,1H3,(H,21,22). The molecule has 5 heteroatoms. The summed E-state index contributed by atoms with van der Waals surface area (Å²) in [7, 11) is 0. The number of hydrogen-bond acceptors (Lipinski definition) is 3. The van der Waals surface area contributed by atoms with Crippen LogP contribution in [0.25, 0.3) is 10.4 Å². The van der Waals surface area contributed by atoms with Gasteiger partial charge in [-0.05, 0) is 48.7 Å². The second kappa shape index (κ2) is 7.64. The molecule has 122 valence electrons. The molecule has 0 spiro atoms. The van der Waals surface area contributed by atoms with Crippen LogP contribution >= 0.6 is 27.3 Å². The Labute approximate surface area is 153 Å². The maximum absolute atomic E-state index is 12.5. The van der Waals surface area contributed by atoms with Gasteiger partial charge in [-0.25, -0.2) is 0 Å². The first kappa shape index (κ1) is 16.7. The number of para-hydroxylation sites is 1. The van der Waals surface area contributed by atoms with Gasteiger partial charge in [0.05, 0.1) is 0 Å². The van der Waals surface area contributed by atoms with Crippen molar-refractivity contribution in [1.29, 1.82) is 0 Å². The summed E-state index contributed by atoms with van der Waals surface area (Å²) >= 11 is 5.02. The molecule has 3 aromatic rings. The second-order valence-corrected chi connectivity index (χ2v) is 7.09. The molecule has 1 amide bonds. The van der Waals surface area contributed by atoms with Crippen LogP contribution in [0.3, 0.4) is 0 Å². The number of hydrogen-bond donors (Lipinski definition) is 1. The van der Waals surface area contributed by atoms with E-state index in [9.17, 15) is 4.79 Å². The number of anilines is 1. The number of halogens is 1. The lowest BCUT2D eigenvalue weighted by Gasteiger charge is -2.16. The molecule has 3 nitrogen and oxygen atoms in total. The van der Waals surface area contributed by atoms with Crippen LogP contribution in [0, 0.1) is 0 Å². The van der Waals surface area contributed by atoms with Crippen molar-refractivity contribution in [2.75, 3.05) is 5.32 Å². The lowest BCUT2D eigenvalue weighted by molar-refractivity contribution is -0.122. The first-order chi connectivity index (χ1) is 11.6. The van der Waals surface area contributed by atoms with E-state index in [1.807, 2.05) is 66.0 Å². The smallest absolute Gasteiger partial charge is 0.265 e. The van der Waals surface area contributed by atoms with E-state index in [1.165, 1.54) is 0 Å². The predicted octanol–water partition coefficient (Wildman–Crippen LogP) is 5.58. The molecule has 24 heavy (non-hydrogen) atoms. The summed E-state index contributed by atoms with van der Waals surface area (Å²) in [6, 6.07) is 19.2. The Morgan fingerprint density at radius 1 is 1.08 bits per heavy atom. The van der Waals surface area contributed by atoms with Crippen LogP contribution in [0.1, 0.15) is 6.92 Å². The summed E-state index contributed by atoms with van der Waals surface area (Å²) in [5.74, 6) is 0.481. The predicted molar refractivity (Wildman–Crippen MR) is 103 cm³/mol. The molecule has 0 saturated carbocycles. The normalized spacial score (nSPS) is 11.8. The van der Waals surface area contributed by atoms with E-state index >= 15 is 0 Å². The molecule has 0 fully saturated rings. The number of thiophene rings is 1. The Hall–Kier alpha value is -2.11. The minimum absolute atomic E-state index is 0.179. The molecular formula is C19H16BrNO2S. The van der Waals surface area contributed by atoms with Crippen LogP contribution in [-0.2, 0) is 4.79 Å². The van der Waals surface area contributed by atoms with Crippen molar-refractivity contribution < 1.29 is 9.53 Å². The Morgan fingerprint density at radius 2 is 1.83 bits per heavy atom. The number of carbonyl (C=O) groups excluding carboxylic acids is 1. The fourth-order valence-corrected chi connectivity index (χ4v) is 3.27. The van der Waals surface area contributed by atoms with Gasteiger partial charge in [0.1, 0.15) is 5.75 Å². The third kappa shape index (κ3) is 4.04. The molecule has 0 bridgehead atoms. The van der Waals surface area contributed by atoms with E-state index in [2.05, 4.69) is 21.2 Å². The summed E-state index contributed by atoms with van der Waals surface area (Å²) in [4.78, 5) is 13.6. The van der Waals surface area contributed by atoms with Crippen LogP contribution in [-0.4, -0.2) is 12.0 Å². The fraction of sp³-hybridized carbons (Fsp3) is 0.105. The Morgan fingerprint density at radius 3 is 2.54 bits per heavy atom. The van der Waals surface area contributed by atoms with Gasteiger partial charge in [0.25, 0.3) is 5.91 Å². The quantitative estimate of drug-likeness (QED) is 0.605. The Balaban J connectivity index is 1.72. The van der Waals surface area contributed by atoms with E-state index in [0.717, 1.165) is 20.6 Å². The Kier molecular flexibility index (Phi) is 5.33. The van der Waals surface area contributed by atoms with Gasteiger partial charge in [-0.3, -0.25) is 4.79 Å². The molecule has 1 unspecified atom stereocenters. The monoisotopic (exact) mass is 401 g/mol. The number of amides is 1. The minimum atomic E-state index is -0.595. The number of rotatable bonds is 5. The molecule has 1 N–H and O–H groups in total. The van der Waals surface area contributed by atoms with Crippen LogP contribution in [0.2, 0.25) is 0 Å². The highest BCUT2D eigenvalue weighted by atomic mass is 79.9. The minimum Gasteiger partial charge on any atom is -0.481 e. The van der Waals surface area contributed by atoms with E-state index < -0.39 is 6.10 Å². The maximum Gasteiger partial charge on any atom is 0.265 e. The molecule has 0 saturated heterocycles. The highest BCUT2D eigenvalue weighted by molar-refractivity contribution is 9.10. The lowest BCUT2D eigenvalue weighted by atomic mass is 10.1. The van der Waals surface area contributed by atoms with Gasteiger partial charge < -0.3 is 10.1 Å². The fourth-order valence-electron chi connectivity index (χ4n) is 2.24. The summed E-state index contributed by atoms with van der Waals surface area (Å²) in [5, 5.41) is 4.98. The molecule has 0 aliphatic carbocycles. The van der Waals surface area contributed by atoms with Crippen molar-refractivity contribution in [1.82, 2.24) is 0 Å². The van der Waals surface area contributed by atoms with Crippen LogP contribution in [0.4, 0.5) is 5.69 Å². The molecule has 0 aliphatic heterocycles. The Bertz CT molecular complexity index is 816. The van der Waals surface area contributed by atoms with Crippen molar-refractivity contribution in [3.8, 4) is 16.2 Å².